The van der Waals surface area contributed by atoms with Crippen LogP contribution in [0.1, 0.15) is 25.0 Å². The number of hydrogen-bond acceptors (Lipinski definition) is 4. The number of benzene rings is 2. The van der Waals surface area contributed by atoms with E-state index in [2.05, 4.69) is 20.9 Å². The van der Waals surface area contributed by atoms with E-state index in [1.165, 1.54) is 23.9 Å². The van der Waals surface area contributed by atoms with Crippen LogP contribution < -0.4 is 4.74 Å². The molecule has 0 saturated carbocycles. The molecule has 1 aliphatic rings. The summed E-state index contributed by atoms with van der Waals surface area (Å²) in [5.41, 5.74) is 1.61. The van der Waals surface area contributed by atoms with Crippen LogP contribution in [0, 0.1) is 5.82 Å². The molecule has 0 aliphatic carbocycles. The minimum atomic E-state index is -0.293. The number of ether oxygens (including phenoxy) is 1. The molecule has 0 spiro atoms. The number of carbonyl (C=O) groups excluding carboxylic acids is 1. The molecule has 4 nitrogen and oxygen atoms in total. The topological polar surface area (TPSA) is 41.9 Å². The Morgan fingerprint density at radius 1 is 1.28 bits per heavy atom. The molecule has 1 heterocycles. The Morgan fingerprint density at radius 2 is 2.00 bits per heavy atom. The lowest BCUT2D eigenvalue weighted by atomic mass is 10.2. The third-order valence-electron chi connectivity index (χ3n) is 4.11. The van der Waals surface area contributed by atoms with Crippen molar-refractivity contribution in [2.45, 2.75) is 20.5 Å². The van der Waals surface area contributed by atoms with E-state index in [0.29, 0.717) is 33.2 Å². The Bertz CT molecular complexity index is 956. The van der Waals surface area contributed by atoms with Gasteiger partial charge in [0.1, 0.15) is 12.4 Å². The number of amides is 1. The van der Waals surface area contributed by atoms with E-state index in [9.17, 15) is 9.18 Å². The molecule has 1 amide bonds. The third-order valence-corrected chi connectivity index (χ3v) is 6.03. The molecule has 152 valence electrons. The fourth-order valence-electron chi connectivity index (χ4n) is 2.73. The second kappa shape index (κ2) is 9.78. The average molecular weight is 498 g/mol. The summed E-state index contributed by atoms with van der Waals surface area (Å²) >= 11 is 11.3. The number of thioether (sulfide) groups is 1. The lowest BCUT2D eigenvalue weighted by molar-refractivity contribution is -0.122. The van der Waals surface area contributed by atoms with Crippen LogP contribution in [0.5, 0.6) is 5.75 Å². The lowest BCUT2D eigenvalue weighted by Gasteiger charge is -2.12. The van der Waals surface area contributed by atoms with Gasteiger partial charge in [-0.3, -0.25) is 14.7 Å². The maximum absolute atomic E-state index is 13.0. The van der Waals surface area contributed by atoms with Crippen LogP contribution in [-0.4, -0.2) is 29.1 Å². The van der Waals surface area contributed by atoms with Crippen molar-refractivity contribution in [3.8, 4) is 5.75 Å². The van der Waals surface area contributed by atoms with E-state index in [4.69, 9.17) is 16.3 Å². The predicted octanol–water partition coefficient (Wildman–Crippen LogP) is 6.13. The van der Waals surface area contributed by atoms with Gasteiger partial charge in [0.25, 0.3) is 5.91 Å². The quantitative estimate of drug-likeness (QED) is 0.451. The Hall–Kier alpha value is -1.83. The summed E-state index contributed by atoms with van der Waals surface area (Å²) in [6, 6.07) is 9.69. The standard InChI is InChI=1S/C21H19BrClFN2O2S/c1-3-25-21-26(4-2)20(27)18(29-21)11-14-9-16(22)19(17(23)10-14)28-12-13-5-7-15(24)8-6-13/h5-11H,3-4,12H2,1-2H3/b18-11+,25-21?. The zero-order valence-electron chi connectivity index (χ0n) is 15.9. The van der Waals surface area contributed by atoms with Crippen molar-refractivity contribution in [2.24, 2.45) is 4.99 Å². The highest BCUT2D eigenvalue weighted by Crippen LogP contribution is 2.38. The fraction of sp³-hybridized carbons (Fsp3) is 0.238. The molecule has 2 aromatic carbocycles. The van der Waals surface area contributed by atoms with Gasteiger partial charge in [-0.1, -0.05) is 23.7 Å². The molecule has 3 rings (SSSR count). The first kappa shape index (κ1) is 21.9. The number of aliphatic imine (C=N–C) groups is 1. The Morgan fingerprint density at radius 3 is 2.62 bits per heavy atom. The number of rotatable bonds is 6. The van der Waals surface area contributed by atoms with E-state index in [0.717, 1.165) is 16.3 Å². The van der Waals surface area contributed by atoms with Crippen molar-refractivity contribution in [1.29, 1.82) is 0 Å². The third kappa shape index (κ3) is 5.21. The average Bonchev–Trinajstić information content (AvgIpc) is 2.97. The van der Waals surface area contributed by atoms with Crippen molar-refractivity contribution in [1.82, 2.24) is 4.90 Å². The zero-order valence-corrected chi connectivity index (χ0v) is 19.1. The van der Waals surface area contributed by atoms with Gasteiger partial charge in [0, 0.05) is 13.1 Å². The van der Waals surface area contributed by atoms with Crippen LogP contribution in [0.15, 0.2) is 50.8 Å². The second-order valence-electron chi connectivity index (χ2n) is 6.15. The highest BCUT2D eigenvalue weighted by atomic mass is 79.9. The van der Waals surface area contributed by atoms with Gasteiger partial charge < -0.3 is 4.74 Å². The first-order chi connectivity index (χ1) is 13.9. The molecule has 0 radical (unpaired) electrons. The second-order valence-corrected chi connectivity index (χ2v) is 8.42. The van der Waals surface area contributed by atoms with Crippen molar-refractivity contribution >= 4 is 56.4 Å². The van der Waals surface area contributed by atoms with Gasteiger partial charge in [-0.15, -0.1) is 0 Å². The number of amidine groups is 1. The molecule has 1 saturated heterocycles. The maximum atomic E-state index is 13.0. The summed E-state index contributed by atoms with van der Waals surface area (Å²) in [7, 11) is 0. The van der Waals surface area contributed by atoms with E-state index in [1.54, 1.807) is 29.2 Å². The molecule has 2 aromatic rings. The summed E-state index contributed by atoms with van der Waals surface area (Å²) in [5, 5.41) is 1.13. The summed E-state index contributed by atoms with van der Waals surface area (Å²) in [4.78, 5) is 19.3. The normalized spacial score (nSPS) is 16.9. The van der Waals surface area contributed by atoms with Crippen LogP contribution in [0.2, 0.25) is 5.02 Å². The predicted molar refractivity (Wildman–Crippen MR) is 121 cm³/mol. The molecular formula is C21H19BrClFN2O2S. The van der Waals surface area contributed by atoms with Gasteiger partial charge in [-0.25, -0.2) is 4.39 Å². The molecule has 1 aliphatic heterocycles. The number of likely N-dealkylation sites (N-methyl/N-ethyl adjacent to an activating group) is 1. The first-order valence-corrected chi connectivity index (χ1v) is 11.0. The molecule has 29 heavy (non-hydrogen) atoms. The van der Waals surface area contributed by atoms with Gasteiger partial charge in [0.05, 0.1) is 14.4 Å². The van der Waals surface area contributed by atoms with E-state index < -0.39 is 0 Å². The van der Waals surface area contributed by atoms with E-state index >= 15 is 0 Å². The number of hydrogen-bond donors (Lipinski definition) is 0. The smallest absolute Gasteiger partial charge is 0.266 e. The fourth-order valence-corrected chi connectivity index (χ4v) is 4.82. The minimum Gasteiger partial charge on any atom is -0.486 e. The summed E-state index contributed by atoms with van der Waals surface area (Å²) < 4.78 is 19.5. The van der Waals surface area contributed by atoms with Gasteiger partial charge in [0.2, 0.25) is 0 Å². The SMILES string of the molecule is CCN=C1S/C(=C/c2cc(Cl)c(OCc3ccc(F)cc3)c(Br)c2)C(=O)N1CC. The molecule has 1 fully saturated rings. The van der Waals surface area contributed by atoms with Gasteiger partial charge in [-0.05, 0) is 83.0 Å². The molecule has 0 N–H and O–H groups in total. The monoisotopic (exact) mass is 496 g/mol. The molecule has 0 aromatic heterocycles. The van der Waals surface area contributed by atoms with Crippen molar-refractivity contribution in [2.75, 3.05) is 13.1 Å². The summed E-state index contributed by atoms with van der Waals surface area (Å²) in [5.74, 6) is 0.138. The Balaban J connectivity index is 1.80. The van der Waals surface area contributed by atoms with Gasteiger partial charge in [0.15, 0.2) is 10.9 Å². The van der Waals surface area contributed by atoms with Crippen LogP contribution in [-0.2, 0) is 11.4 Å². The molecule has 0 bridgehead atoms. The molecule has 0 atom stereocenters. The molecule has 0 unspecified atom stereocenters. The lowest BCUT2D eigenvalue weighted by Crippen LogP contribution is -2.28. The van der Waals surface area contributed by atoms with E-state index in [-0.39, 0.29) is 18.3 Å². The Labute approximate surface area is 186 Å². The van der Waals surface area contributed by atoms with Crippen LogP contribution in [0.25, 0.3) is 6.08 Å². The van der Waals surface area contributed by atoms with Crippen LogP contribution >= 0.6 is 39.3 Å². The number of nitrogens with zero attached hydrogens (tertiary/aromatic N) is 2. The Kier molecular flexibility index (Phi) is 7.38. The first-order valence-electron chi connectivity index (χ1n) is 9.05. The number of carbonyl (C=O) groups is 1. The van der Waals surface area contributed by atoms with Crippen LogP contribution in [0.4, 0.5) is 4.39 Å². The largest absolute Gasteiger partial charge is 0.486 e. The van der Waals surface area contributed by atoms with Crippen molar-refractivity contribution < 1.29 is 13.9 Å². The molecular weight excluding hydrogens is 479 g/mol. The zero-order chi connectivity index (χ0) is 21.0. The highest BCUT2D eigenvalue weighted by Gasteiger charge is 2.31. The summed E-state index contributed by atoms with van der Waals surface area (Å²) in [6.45, 7) is 5.32. The maximum Gasteiger partial charge on any atom is 0.266 e. The molecule has 8 heteroatoms. The van der Waals surface area contributed by atoms with Gasteiger partial charge >= 0.3 is 0 Å². The van der Waals surface area contributed by atoms with Crippen molar-refractivity contribution in [3.05, 3.63) is 67.7 Å². The highest BCUT2D eigenvalue weighted by molar-refractivity contribution is 9.10. The van der Waals surface area contributed by atoms with Crippen molar-refractivity contribution in [3.63, 3.8) is 0 Å². The summed E-state index contributed by atoms with van der Waals surface area (Å²) in [6.07, 6.45) is 1.80. The van der Waals surface area contributed by atoms with Gasteiger partial charge in [-0.2, -0.15) is 0 Å². The minimum absolute atomic E-state index is 0.0615. The van der Waals surface area contributed by atoms with E-state index in [1.807, 2.05) is 19.9 Å². The number of halogens is 3. The van der Waals surface area contributed by atoms with Crippen LogP contribution in [0.3, 0.4) is 0 Å².